The van der Waals surface area contributed by atoms with Gasteiger partial charge in [0.1, 0.15) is 6.04 Å². The second kappa shape index (κ2) is 8.60. The first kappa shape index (κ1) is 20.1. The topological polar surface area (TPSA) is 61.4 Å². The van der Waals surface area contributed by atoms with Gasteiger partial charge in [-0.05, 0) is 61.4 Å². The van der Waals surface area contributed by atoms with Crippen LogP contribution in [0.2, 0.25) is 0 Å². The minimum absolute atomic E-state index is 0.0187. The van der Waals surface area contributed by atoms with Crippen molar-refractivity contribution in [2.24, 2.45) is 0 Å². The number of fused-ring (bicyclic) bond motifs is 1. The third kappa shape index (κ3) is 4.81. The van der Waals surface area contributed by atoms with Gasteiger partial charge >= 0.3 is 0 Å². The lowest BCUT2D eigenvalue weighted by Gasteiger charge is -2.18. The van der Waals surface area contributed by atoms with Crippen LogP contribution in [0.15, 0.2) is 47.4 Å². The summed E-state index contributed by atoms with van der Waals surface area (Å²) in [4.78, 5) is 26.2. The maximum Gasteiger partial charge on any atom is 0.288 e. The smallest absolute Gasteiger partial charge is 0.288 e. The number of thioether (sulfide) groups is 1. The standard InChI is InChI=1S/C20H21F2N3O2S/c1-12(19(27)24-15-3-6-17(7-4-15)28-20(21)22)23-16-5-8-18-14(11-16)9-10-25(18)13(2)26/h3-8,11-12,20,23H,9-10H2,1-2H3,(H,24,27). The van der Waals surface area contributed by atoms with E-state index in [1.165, 1.54) is 0 Å². The van der Waals surface area contributed by atoms with E-state index in [2.05, 4.69) is 10.6 Å². The maximum atomic E-state index is 12.4. The lowest BCUT2D eigenvalue weighted by Crippen LogP contribution is -2.31. The molecule has 3 rings (SSSR count). The van der Waals surface area contributed by atoms with Gasteiger partial charge in [0.2, 0.25) is 11.8 Å². The van der Waals surface area contributed by atoms with Crippen LogP contribution >= 0.6 is 11.8 Å². The Bertz CT molecular complexity index is 874. The number of nitrogens with zero attached hydrogens (tertiary/aromatic N) is 1. The third-order valence-corrected chi connectivity index (χ3v) is 5.20. The Morgan fingerprint density at radius 2 is 1.79 bits per heavy atom. The summed E-state index contributed by atoms with van der Waals surface area (Å²) < 4.78 is 24.7. The highest BCUT2D eigenvalue weighted by atomic mass is 32.2. The molecule has 0 fully saturated rings. The van der Waals surface area contributed by atoms with Crippen LogP contribution in [0.5, 0.6) is 0 Å². The monoisotopic (exact) mass is 405 g/mol. The molecule has 1 aliphatic rings. The summed E-state index contributed by atoms with van der Waals surface area (Å²) in [5, 5.41) is 5.92. The Hall–Kier alpha value is -2.61. The minimum Gasteiger partial charge on any atom is -0.374 e. The molecular formula is C20H21F2N3O2S. The highest BCUT2D eigenvalue weighted by Gasteiger charge is 2.22. The van der Waals surface area contributed by atoms with E-state index >= 15 is 0 Å². The molecule has 0 aromatic heterocycles. The summed E-state index contributed by atoms with van der Waals surface area (Å²) in [6.07, 6.45) is 0.786. The predicted molar refractivity (Wildman–Crippen MR) is 108 cm³/mol. The molecule has 148 valence electrons. The largest absolute Gasteiger partial charge is 0.374 e. The summed E-state index contributed by atoms with van der Waals surface area (Å²) in [6.45, 7) is 3.96. The van der Waals surface area contributed by atoms with Gasteiger partial charge in [0.15, 0.2) is 0 Å². The van der Waals surface area contributed by atoms with Crippen molar-refractivity contribution in [3.8, 4) is 0 Å². The number of rotatable bonds is 6. The van der Waals surface area contributed by atoms with Crippen molar-refractivity contribution >= 4 is 40.6 Å². The zero-order valence-corrected chi connectivity index (χ0v) is 16.4. The van der Waals surface area contributed by atoms with E-state index in [0.29, 0.717) is 28.9 Å². The lowest BCUT2D eigenvalue weighted by atomic mass is 10.1. The van der Waals surface area contributed by atoms with Gasteiger partial charge < -0.3 is 15.5 Å². The third-order valence-electron chi connectivity index (χ3n) is 4.48. The van der Waals surface area contributed by atoms with Crippen molar-refractivity contribution in [2.75, 3.05) is 22.1 Å². The molecule has 2 N–H and O–H groups in total. The molecule has 5 nitrogen and oxygen atoms in total. The van der Waals surface area contributed by atoms with E-state index in [0.717, 1.165) is 23.4 Å². The van der Waals surface area contributed by atoms with E-state index in [1.54, 1.807) is 43.0 Å². The number of carbonyl (C=O) groups excluding carboxylic acids is 2. The zero-order valence-electron chi connectivity index (χ0n) is 15.5. The van der Waals surface area contributed by atoms with Crippen LogP contribution in [0.25, 0.3) is 0 Å². The SMILES string of the molecule is CC(=O)N1CCc2cc(NC(C)C(=O)Nc3ccc(SC(F)F)cc3)ccc21. The first-order valence-corrected chi connectivity index (χ1v) is 9.75. The molecule has 1 heterocycles. The second-order valence-corrected chi connectivity index (χ2v) is 7.59. The van der Waals surface area contributed by atoms with E-state index in [4.69, 9.17) is 0 Å². The fourth-order valence-electron chi connectivity index (χ4n) is 3.10. The molecule has 8 heteroatoms. The van der Waals surface area contributed by atoms with Gasteiger partial charge in [-0.3, -0.25) is 9.59 Å². The molecule has 2 amide bonds. The summed E-state index contributed by atoms with van der Waals surface area (Å²) >= 11 is 0.463. The Morgan fingerprint density at radius 3 is 2.43 bits per heavy atom. The van der Waals surface area contributed by atoms with Crippen molar-refractivity contribution in [3.05, 3.63) is 48.0 Å². The first-order chi connectivity index (χ1) is 13.3. The van der Waals surface area contributed by atoms with Gasteiger partial charge in [0, 0.05) is 35.4 Å². The minimum atomic E-state index is -2.47. The molecule has 0 radical (unpaired) electrons. The van der Waals surface area contributed by atoms with Crippen LogP contribution in [0.3, 0.4) is 0 Å². The van der Waals surface area contributed by atoms with Crippen LogP contribution in [-0.4, -0.2) is 30.2 Å². The zero-order chi connectivity index (χ0) is 20.3. The number of nitrogens with one attached hydrogen (secondary N) is 2. The molecule has 1 unspecified atom stereocenters. The van der Waals surface area contributed by atoms with Gasteiger partial charge in [0.05, 0.1) is 0 Å². The molecule has 0 aliphatic carbocycles. The average molecular weight is 405 g/mol. The predicted octanol–water partition coefficient (Wildman–Crippen LogP) is 4.35. The average Bonchev–Trinajstić information content (AvgIpc) is 3.06. The van der Waals surface area contributed by atoms with Crippen LogP contribution in [0.4, 0.5) is 25.8 Å². The molecule has 0 saturated carbocycles. The molecule has 1 aliphatic heterocycles. The van der Waals surface area contributed by atoms with E-state index in [1.807, 2.05) is 18.2 Å². The molecule has 1 atom stereocenters. The van der Waals surface area contributed by atoms with Crippen molar-refractivity contribution in [2.45, 2.75) is 37.0 Å². The number of amides is 2. The Kier molecular flexibility index (Phi) is 6.18. The molecular weight excluding hydrogens is 384 g/mol. The molecule has 0 bridgehead atoms. The first-order valence-electron chi connectivity index (χ1n) is 8.87. The van der Waals surface area contributed by atoms with Gasteiger partial charge in [-0.1, -0.05) is 11.8 Å². The highest BCUT2D eigenvalue weighted by molar-refractivity contribution is 7.99. The number of alkyl halides is 2. The number of halogens is 2. The Balaban J connectivity index is 1.59. The molecule has 28 heavy (non-hydrogen) atoms. The molecule has 0 spiro atoms. The number of anilines is 3. The van der Waals surface area contributed by atoms with Gasteiger partial charge in [-0.15, -0.1) is 0 Å². The van der Waals surface area contributed by atoms with Gasteiger partial charge in [0.25, 0.3) is 5.76 Å². The highest BCUT2D eigenvalue weighted by Crippen LogP contribution is 2.31. The van der Waals surface area contributed by atoms with Crippen molar-refractivity contribution in [1.82, 2.24) is 0 Å². The fraction of sp³-hybridized carbons (Fsp3) is 0.300. The van der Waals surface area contributed by atoms with Crippen molar-refractivity contribution in [3.63, 3.8) is 0 Å². The van der Waals surface area contributed by atoms with Crippen molar-refractivity contribution < 1.29 is 18.4 Å². The second-order valence-electron chi connectivity index (χ2n) is 6.52. The number of hydrogen-bond donors (Lipinski definition) is 2. The van der Waals surface area contributed by atoms with Crippen molar-refractivity contribution in [1.29, 1.82) is 0 Å². The normalized spacial score (nSPS) is 14.0. The van der Waals surface area contributed by atoms with Crippen LogP contribution in [0, 0.1) is 0 Å². The summed E-state index contributed by atoms with van der Waals surface area (Å²) in [7, 11) is 0. The van der Waals surface area contributed by atoms with Gasteiger partial charge in [-0.2, -0.15) is 8.78 Å². The maximum absolute atomic E-state index is 12.4. The number of benzene rings is 2. The summed E-state index contributed by atoms with van der Waals surface area (Å²) in [6, 6.07) is 11.5. The quantitative estimate of drug-likeness (QED) is 0.702. The lowest BCUT2D eigenvalue weighted by molar-refractivity contribution is -0.117. The number of carbonyl (C=O) groups is 2. The summed E-state index contributed by atoms with van der Waals surface area (Å²) in [5.41, 5.74) is 3.33. The Morgan fingerprint density at radius 1 is 1.11 bits per heavy atom. The van der Waals surface area contributed by atoms with E-state index in [-0.39, 0.29) is 11.8 Å². The van der Waals surface area contributed by atoms with E-state index < -0.39 is 11.8 Å². The van der Waals surface area contributed by atoms with Crippen LogP contribution in [0.1, 0.15) is 19.4 Å². The molecule has 0 saturated heterocycles. The Labute approximate surface area is 166 Å². The van der Waals surface area contributed by atoms with Crippen LogP contribution in [-0.2, 0) is 16.0 Å². The number of hydrogen-bond acceptors (Lipinski definition) is 4. The van der Waals surface area contributed by atoms with Crippen LogP contribution < -0.4 is 15.5 Å². The van der Waals surface area contributed by atoms with Gasteiger partial charge in [-0.25, -0.2) is 0 Å². The fourth-order valence-corrected chi connectivity index (χ4v) is 3.60. The molecule has 2 aromatic carbocycles. The summed E-state index contributed by atoms with van der Waals surface area (Å²) in [5.74, 6) is -2.69. The molecule has 2 aromatic rings. The van der Waals surface area contributed by atoms with E-state index in [9.17, 15) is 18.4 Å².